The van der Waals surface area contributed by atoms with Crippen LogP contribution < -0.4 is 10.2 Å². The smallest absolute Gasteiger partial charge is 0.202 e. The van der Waals surface area contributed by atoms with Gasteiger partial charge in [0.1, 0.15) is 0 Å². The zero-order valence-corrected chi connectivity index (χ0v) is 9.68. The molecule has 0 atom stereocenters. The predicted octanol–water partition coefficient (Wildman–Crippen LogP) is 1.36. The monoisotopic (exact) mass is 196 g/mol. The average Bonchev–Trinajstić information content (AvgIpc) is 2.47. The Labute approximate surface area is 85.7 Å². The van der Waals surface area contributed by atoms with Crippen molar-refractivity contribution >= 4 is 5.95 Å². The van der Waals surface area contributed by atoms with Crippen molar-refractivity contribution in [3.63, 3.8) is 0 Å². The lowest BCUT2D eigenvalue weighted by Gasteiger charge is -2.19. The van der Waals surface area contributed by atoms with E-state index in [9.17, 15) is 0 Å². The number of aromatic nitrogens is 2. The van der Waals surface area contributed by atoms with Gasteiger partial charge in [-0.2, -0.15) is 0 Å². The molecular formula is C10H20N4. The van der Waals surface area contributed by atoms with Gasteiger partial charge in [-0.15, -0.1) is 0 Å². The minimum atomic E-state index is 0.142. The third-order valence-corrected chi connectivity index (χ3v) is 1.85. The molecule has 0 aliphatic rings. The van der Waals surface area contributed by atoms with Crippen molar-refractivity contribution in [1.82, 2.24) is 15.3 Å². The third kappa shape index (κ3) is 3.38. The summed E-state index contributed by atoms with van der Waals surface area (Å²) < 4.78 is 0. The van der Waals surface area contributed by atoms with Crippen LogP contribution in [0.25, 0.3) is 0 Å². The largest absolute Gasteiger partial charge is 0.349 e. The molecule has 1 heterocycles. The van der Waals surface area contributed by atoms with Crippen LogP contribution in [0.4, 0.5) is 5.95 Å². The van der Waals surface area contributed by atoms with Gasteiger partial charge in [0.05, 0.1) is 11.9 Å². The average molecular weight is 196 g/mol. The first-order valence-electron chi connectivity index (χ1n) is 4.85. The van der Waals surface area contributed by atoms with E-state index in [1.54, 1.807) is 0 Å². The van der Waals surface area contributed by atoms with Crippen LogP contribution >= 0.6 is 0 Å². The summed E-state index contributed by atoms with van der Waals surface area (Å²) in [5.74, 6) is 0.899. The van der Waals surface area contributed by atoms with E-state index in [0.29, 0.717) is 0 Å². The Morgan fingerprint density at radius 1 is 1.43 bits per heavy atom. The summed E-state index contributed by atoms with van der Waals surface area (Å²) in [6, 6.07) is 0. The number of hydrogen-bond acceptors (Lipinski definition) is 3. The molecule has 0 radical (unpaired) electrons. The first-order chi connectivity index (χ1) is 6.38. The lowest BCUT2D eigenvalue weighted by Crippen LogP contribution is -2.35. The molecule has 1 aromatic rings. The summed E-state index contributed by atoms with van der Waals surface area (Å²) >= 11 is 0. The van der Waals surface area contributed by atoms with Gasteiger partial charge >= 0.3 is 0 Å². The zero-order chi connectivity index (χ0) is 10.8. The van der Waals surface area contributed by atoms with Gasteiger partial charge in [0.15, 0.2) is 0 Å². The first kappa shape index (κ1) is 11.0. The first-order valence-corrected chi connectivity index (χ1v) is 4.85. The van der Waals surface area contributed by atoms with E-state index in [1.807, 2.05) is 25.2 Å². The number of nitrogens with zero attached hydrogens (tertiary/aromatic N) is 2. The molecule has 0 fully saturated rings. The van der Waals surface area contributed by atoms with Crippen molar-refractivity contribution in [3.05, 3.63) is 11.9 Å². The fourth-order valence-corrected chi connectivity index (χ4v) is 1.02. The molecule has 0 saturated heterocycles. The van der Waals surface area contributed by atoms with Gasteiger partial charge in [0.25, 0.3) is 0 Å². The van der Waals surface area contributed by atoms with E-state index in [1.165, 1.54) is 0 Å². The van der Waals surface area contributed by atoms with Crippen LogP contribution in [-0.2, 0) is 6.54 Å². The minimum Gasteiger partial charge on any atom is -0.349 e. The second kappa shape index (κ2) is 4.00. The number of H-pyrrole nitrogens is 1. The maximum atomic E-state index is 4.25. The molecule has 0 saturated carbocycles. The van der Waals surface area contributed by atoms with Crippen LogP contribution in [0.2, 0.25) is 0 Å². The van der Waals surface area contributed by atoms with Crippen LogP contribution in [0.5, 0.6) is 0 Å². The molecule has 14 heavy (non-hydrogen) atoms. The van der Waals surface area contributed by atoms with Crippen LogP contribution in [-0.4, -0.2) is 29.6 Å². The SMILES string of the molecule is CN(C)c1ncc(CNC(C)(C)C)[nH]1. The summed E-state index contributed by atoms with van der Waals surface area (Å²) in [6.07, 6.45) is 1.87. The summed E-state index contributed by atoms with van der Waals surface area (Å²) in [7, 11) is 3.94. The van der Waals surface area contributed by atoms with E-state index in [0.717, 1.165) is 18.2 Å². The molecule has 80 valence electrons. The normalized spacial score (nSPS) is 11.8. The lowest BCUT2D eigenvalue weighted by atomic mass is 10.1. The van der Waals surface area contributed by atoms with Crippen molar-refractivity contribution in [2.24, 2.45) is 0 Å². The fraction of sp³-hybridized carbons (Fsp3) is 0.700. The number of nitrogens with one attached hydrogen (secondary N) is 2. The van der Waals surface area contributed by atoms with Gasteiger partial charge in [-0.25, -0.2) is 4.98 Å². The highest BCUT2D eigenvalue weighted by atomic mass is 15.2. The van der Waals surface area contributed by atoms with Gasteiger partial charge in [0.2, 0.25) is 5.95 Å². The molecule has 1 aromatic heterocycles. The van der Waals surface area contributed by atoms with Gasteiger partial charge in [-0.1, -0.05) is 0 Å². The van der Waals surface area contributed by atoms with Crippen molar-refractivity contribution < 1.29 is 0 Å². The zero-order valence-electron chi connectivity index (χ0n) is 9.68. The van der Waals surface area contributed by atoms with Crippen molar-refractivity contribution in [3.8, 4) is 0 Å². The van der Waals surface area contributed by atoms with Gasteiger partial charge in [-0.05, 0) is 20.8 Å². The van der Waals surface area contributed by atoms with E-state index in [-0.39, 0.29) is 5.54 Å². The molecule has 4 heteroatoms. The summed E-state index contributed by atoms with van der Waals surface area (Å²) in [5, 5.41) is 3.40. The highest BCUT2D eigenvalue weighted by Gasteiger charge is 2.09. The molecule has 4 nitrogen and oxygen atoms in total. The van der Waals surface area contributed by atoms with E-state index >= 15 is 0 Å². The highest BCUT2D eigenvalue weighted by molar-refractivity contribution is 5.28. The second-order valence-electron chi connectivity index (χ2n) is 4.73. The maximum Gasteiger partial charge on any atom is 0.202 e. The van der Waals surface area contributed by atoms with Crippen LogP contribution in [0.3, 0.4) is 0 Å². The molecule has 0 aromatic carbocycles. The molecule has 1 rings (SSSR count). The molecule has 0 spiro atoms. The third-order valence-electron chi connectivity index (χ3n) is 1.85. The van der Waals surface area contributed by atoms with E-state index in [2.05, 4.69) is 36.1 Å². The molecule has 2 N–H and O–H groups in total. The number of rotatable bonds is 3. The van der Waals surface area contributed by atoms with E-state index < -0.39 is 0 Å². The Morgan fingerprint density at radius 2 is 2.07 bits per heavy atom. The molecule has 0 aliphatic carbocycles. The van der Waals surface area contributed by atoms with Crippen molar-refractivity contribution in [2.75, 3.05) is 19.0 Å². The second-order valence-corrected chi connectivity index (χ2v) is 4.73. The van der Waals surface area contributed by atoms with Crippen molar-refractivity contribution in [2.45, 2.75) is 32.9 Å². The van der Waals surface area contributed by atoms with Crippen LogP contribution in [0.1, 0.15) is 26.5 Å². The quantitative estimate of drug-likeness (QED) is 0.767. The Bertz CT molecular complexity index is 283. The summed E-state index contributed by atoms with van der Waals surface area (Å²) in [6.45, 7) is 7.27. The number of anilines is 1. The van der Waals surface area contributed by atoms with Gasteiger partial charge in [0, 0.05) is 26.2 Å². The summed E-state index contributed by atoms with van der Waals surface area (Å²) in [5.41, 5.74) is 1.26. The number of aromatic amines is 1. The molecule has 0 amide bonds. The van der Waals surface area contributed by atoms with Crippen molar-refractivity contribution in [1.29, 1.82) is 0 Å². The van der Waals surface area contributed by atoms with Gasteiger partial charge in [-0.3, -0.25) is 0 Å². The summed E-state index contributed by atoms with van der Waals surface area (Å²) in [4.78, 5) is 9.44. The lowest BCUT2D eigenvalue weighted by molar-refractivity contribution is 0.422. The number of hydrogen-bond donors (Lipinski definition) is 2. The van der Waals surface area contributed by atoms with Crippen LogP contribution in [0.15, 0.2) is 6.20 Å². The van der Waals surface area contributed by atoms with Gasteiger partial charge < -0.3 is 15.2 Å². The Balaban J connectivity index is 2.52. The Hall–Kier alpha value is -1.03. The molecular weight excluding hydrogens is 176 g/mol. The van der Waals surface area contributed by atoms with E-state index in [4.69, 9.17) is 0 Å². The molecule has 0 aliphatic heterocycles. The fourth-order valence-electron chi connectivity index (χ4n) is 1.02. The topological polar surface area (TPSA) is 44.0 Å². The highest BCUT2D eigenvalue weighted by Crippen LogP contribution is 2.06. The standard InChI is InChI=1S/C10H20N4/c1-10(2,3)12-7-8-6-11-9(13-8)14(4)5/h6,12H,7H2,1-5H3,(H,11,13). The van der Waals surface area contributed by atoms with Crippen LogP contribution in [0, 0.1) is 0 Å². The minimum absolute atomic E-state index is 0.142. The maximum absolute atomic E-state index is 4.25. The Kier molecular flexibility index (Phi) is 3.16. The predicted molar refractivity (Wildman–Crippen MR) is 59.5 cm³/mol. The Morgan fingerprint density at radius 3 is 2.50 bits per heavy atom. The molecule has 0 unspecified atom stereocenters. The molecule has 0 bridgehead atoms. The number of imidazole rings is 1.